The van der Waals surface area contributed by atoms with Crippen LogP contribution in [0.1, 0.15) is 5.56 Å². The van der Waals surface area contributed by atoms with Gasteiger partial charge in [0.1, 0.15) is 0 Å². The van der Waals surface area contributed by atoms with Gasteiger partial charge in [-0.1, -0.05) is 53.5 Å². The summed E-state index contributed by atoms with van der Waals surface area (Å²) in [5.74, 6) is -1.52. The molecule has 0 saturated carbocycles. The molecule has 156 valence electrons. The first kappa shape index (κ1) is 22.1. The van der Waals surface area contributed by atoms with Crippen LogP contribution in [0.25, 0.3) is 6.08 Å². The fourth-order valence-electron chi connectivity index (χ4n) is 2.89. The number of rotatable bonds is 6. The van der Waals surface area contributed by atoms with Gasteiger partial charge in [-0.05, 0) is 35.9 Å². The Morgan fingerprint density at radius 3 is 2.50 bits per heavy atom. The Hall–Kier alpha value is -2.61. The van der Waals surface area contributed by atoms with Gasteiger partial charge >= 0.3 is 5.97 Å². The number of nitrogens with zero attached hydrogens (tertiary/aromatic N) is 1. The first-order chi connectivity index (χ1) is 14.3. The summed E-state index contributed by atoms with van der Waals surface area (Å²) in [5, 5.41) is 1.73. The predicted molar refractivity (Wildman–Crippen MR) is 117 cm³/mol. The van der Waals surface area contributed by atoms with Crippen molar-refractivity contribution in [2.24, 2.45) is 0 Å². The number of hydrogen-bond donors (Lipinski definition) is 0. The molecule has 0 radical (unpaired) electrons. The normalized spacial score (nSPS) is 17.2. The molecule has 0 bridgehead atoms. The molecule has 0 aliphatic carbocycles. The van der Waals surface area contributed by atoms with E-state index < -0.39 is 34.4 Å². The summed E-state index contributed by atoms with van der Waals surface area (Å²) < 4.78 is 28.6. The molecule has 1 amide bonds. The van der Waals surface area contributed by atoms with E-state index in [0.29, 0.717) is 21.3 Å². The molecule has 0 spiro atoms. The number of halogens is 2. The maximum Gasteiger partial charge on any atom is 0.331 e. The van der Waals surface area contributed by atoms with E-state index in [4.69, 9.17) is 27.9 Å². The van der Waals surface area contributed by atoms with Crippen LogP contribution in [-0.2, 0) is 24.2 Å². The van der Waals surface area contributed by atoms with Crippen molar-refractivity contribution in [3.63, 3.8) is 0 Å². The Labute approximate surface area is 184 Å². The molecule has 1 heterocycles. The Morgan fingerprint density at radius 2 is 1.83 bits per heavy atom. The van der Waals surface area contributed by atoms with E-state index in [1.165, 1.54) is 17.1 Å². The average molecular weight is 466 g/mol. The molecule has 0 saturated heterocycles. The number of amides is 1. The van der Waals surface area contributed by atoms with Gasteiger partial charge < -0.3 is 9.64 Å². The number of anilines is 1. The maximum atomic E-state index is 12.8. The van der Waals surface area contributed by atoms with Gasteiger partial charge in [-0.25, -0.2) is 13.2 Å². The van der Waals surface area contributed by atoms with Crippen molar-refractivity contribution in [2.45, 2.75) is 6.04 Å². The molecule has 9 heteroatoms. The molecular weight excluding hydrogens is 449 g/mol. The Morgan fingerprint density at radius 1 is 1.10 bits per heavy atom. The number of carbonyl (C=O) groups excluding carboxylic acids is 2. The van der Waals surface area contributed by atoms with Crippen LogP contribution in [0.3, 0.4) is 0 Å². The van der Waals surface area contributed by atoms with Gasteiger partial charge in [0, 0.05) is 17.2 Å². The van der Waals surface area contributed by atoms with Crippen molar-refractivity contribution < 1.29 is 22.7 Å². The van der Waals surface area contributed by atoms with Crippen molar-refractivity contribution in [1.29, 1.82) is 0 Å². The lowest BCUT2D eigenvalue weighted by atomic mass is 10.2. The highest BCUT2D eigenvalue weighted by Crippen LogP contribution is 2.26. The minimum atomic E-state index is -3.38. The molecular formula is C21H17Cl2NO5S. The summed E-state index contributed by atoms with van der Waals surface area (Å²) in [6.07, 6.45) is 4.02. The molecule has 1 unspecified atom stereocenters. The Kier molecular flexibility index (Phi) is 6.97. The SMILES string of the molecule is O=C(/C=C/c1cccc(Cl)c1Cl)OCC(=O)N(c1ccccc1)C1C=CS(=O)(=O)C1. The lowest BCUT2D eigenvalue weighted by molar-refractivity contribution is -0.143. The van der Waals surface area contributed by atoms with Gasteiger partial charge in [0.25, 0.3) is 5.91 Å². The zero-order valence-electron chi connectivity index (χ0n) is 15.6. The van der Waals surface area contributed by atoms with Gasteiger partial charge in [-0.15, -0.1) is 0 Å². The number of carbonyl (C=O) groups is 2. The first-order valence-corrected chi connectivity index (χ1v) is 11.3. The second-order valence-electron chi connectivity index (χ2n) is 6.41. The molecule has 3 rings (SSSR count). The van der Waals surface area contributed by atoms with Gasteiger partial charge in [-0.2, -0.15) is 0 Å². The van der Waals surface area contributed by atoms with Crippen LogP contribution in [0.4, 0.5) is 5.69 Å². The molecule has 0 N–H and O–H groups in total. The summed E-state index contributed by atoms with van der Waals surface area (Å²) in [5.41, 5.74) is 1.03. The van der Waals surface area contributed by atoms with E-state index in [0.717, 1.165) is 11.5 Å². The summed E-state index contributed by atoms with van der Waals surface area (Å²) in [6, 6.07) is 12.9. The van der Waals surface area contributed by atoms with E-state index in [2.05, 4.69) is 0 Å². The van der Waals surface area contributed by atoms with Crippen molar-refractivity contribution >= 4 is 56.7 Å². The molecule has 6 nitrogen and oxygen atoms in total. The molecule has 0 aromatic heterocycles. The van der Waals surface area contributed by atoms with Crippen molar-refractivity contribution in [1.82, 2.24) is 0 Å². The lowest BCUT2D eigenvalue weighted by Gasteiger charge is -2.27. The third-order valence-electron chi connectivity index (χ3n) is 4.26. The zero-order valence-corrected chi connectivity index (χ0v) is 17.9. The van der Waals surface area contributed by atoms with Crippen molar-refractivity contribution in [3.05, 3.63) is 81.7 Å². The van der Waals surface area contributed by atoms with Crippen molar-refractivity contribution in [3.8, 4) is 0 Å². The maximum absolute atomic E-state index is 12.8. The first-order valence-electron chi connectivity index (χ1n) is 8.84. The molecule has 2 aromatic carbocycles. The molecule has 30 heavy (non-hydrogen) atoms. The van der Waals surface area contributed by atoms with E-state index >= 15 is 0 Å². The van der Waals surface area contributed by atoms with Crippen LogP contribution in [0.5, 0.6) is 0 Å². The molecule has 0 fully saturated rings. The summed E-state index contributed by atoms with van der Waals surface area (Å²) >= 11 is 12.0. The topological polar surface area (TPSA) is 80.8 Å². The second kappa shape index (κ2) is 9.47. The van der Waals surface area contributed by atoms with E-state index in [1.807, 2.05) is 0 Å². The molecule has 2 aromatic rings. The van der Waals surface area contributed by atoms with Gasteiger partial charge in [0.15, 0.2) is 16.4 Å². The third-order valence-corrected chi connectivity index (χ3v) is 6.48. The quantitative estimate of drug-likeness (QED) is 0.477. The van der Waals surface area contributed by atoms with Crippen LogP contribution in [0, 0.1) is 0 Å². The van der Waals surface area contributed by atoms with Gasteiger partial charge in [0.05, 0.1) is 21.8 Å². The van der Waals surface area contributed by atoms with E-state index in [9.17, 15) is 18.0 Å². The monoisotopic (exact) mass is 465 g/mol. The minimum Gasteiger partial charge on any atom is -0.452 e. The second-order valence-corrected chi connectivity index (χ2v) is 9.13. The number of sulfone groups is 1. The number of ether oxygens (including phenoxy) is 1. The average Bonchev–Trinajstić information content (AvgIpc) is 3.07. The van der Waals surface area contributed by atoms with Crippen LogP contribution in [-0.4, -0.2) is 38.7 Å². The summed E-state index contributed by atoms with van der Waals surface area (Å²) in [7, 11) is -3.38. The number of benzene rings is 2. The van der Waals surface area contributed by atoms with Crippen LogP contribution in [0.2, 0.25) is 10.0 Å². The summed E-state index contributed by atoms with van der Waals surface area (Å²) in [6.45, 7) is -0.550. The van der Waals surface area contributed by atoms with E-state index in [-0.39, 0.29) is 5.75 Å². The summed E-state index contributed by atoms with van der Waals surface area (Å²) in [4.78, 5) is 26.1. The Bertz CT molecular complexity index is 1110. The third kappa shape index (κ3) is 5.50. The highest BCUT2D eigenvalue weighted by molar-refractivity contribution is 7.94. The fraction of sp³-hybridized carbons (Fsp3) is 0.143. The molecule has 1 aliphatic heterocycles. The van der Waals surface area contributed by atoms with Gasteiger partial charge in [-0.3, -0.25) is 4.79 Å². The van der Waals surface area contributed by atoms with Crippen LogP contribution >= 0.6 is 23.2 Å². The van der Waals surface area contributed by atoms with Crippen molar-refractivity contribution in [2.75, 3.05) is 17.3 Å². The highest BCUT2D eigenvalue weighted by atomic mass is 35.5. The zero-order chi connectivity index (χ0) is 21.7. The van der Waals surface area contributed by atoms with Gasteiger partial charge in [0.2, 0.25) is 0 Å². The highest BCUT2D eigenvalue weighted by Gasteiger charge is 2.31. The lowest BCUT2D eigenvalue weighted by Crippen LogP contribution is -2.43. The number of esters is 1. The van der Waals surface area contributed by atoms with E-state index in [1.54, 1.807) is 48.5 Å². The number of para-hydroxylation sites is 1. The number of hydrogen-bond acceptors (Lipinski definition) is 5. The molecule has 1 atom stereocenters. The minimum absolute atomic E-state index is 0.227. The Balaban J connectivity index is 1.69. The smallest absolute Gasteiger partial charge is 0.331 e. The fourth-order valence-corrected chi connectivity index (χ4v) is 4.53. The predicted octanol–water partition coefficient (Wildman–Crippen LogP) is 3.89. The van der Waals surface area contributed by atoms with Crippen LogP contribution < -0.4 is 4.90 Å². The molecule has 1 aliphatic rings. The standard InChI is InChI=1S/C21H17Cl2NO5S/c22-18-8-4-5-15(21(18)23)9-10-20(26)29-13-19(25)24(16-6-2-1-3-7-16)17-11-12-30(27,28)14-17/h1-12,17H,13-14H2/b10-9+. The van der Waals surface area contributed by atoms with Crippen LogP contribution in [0.15, 0.2) is 66.1 Å². The largest absolute Gasteiger partial charge is 0.452 e.